The molecular weight excluding hydrogens is 614 g/mol. The molecule has 1 saturated heterocycles. The van der Waals surface area contributed by atoms with Crippen LogP contribution in [0.15, 0.2) is 85.3 Å². The van der Waals surface area contributed by atoms with Gasteiger partial charge in [0.15, 0.2) is 6.10 Å². The van der Waals surface area contributed by atoms with Gasteiger partial charge in [-0.1, -0.05) is 72.8 Å². The smallest absolute Gasteiger partial charge is 0.336 e. The molecule has 1 aromatic heterocycles. The number of hydrogen-bond acceptors (Lipinski definition) is 8. The fourth-order valence-electron chi connectivity index (χ4n) is 5.94. The number of morpholine rings is 1. The lowest BCUT2D eigenvalue weighted by Crippen LogP contribution is -2.56. The first-order chi connectivity index (χ1) is 23.3. The quantitative estimate of drug-likeness (QED) is 0.150. The van der Waals surface area contributed by atoms with Crippen LogP contribution in [0.2, 0.25) is 0 Å². The molecule has 5 rings (SSSR count). The molecule has 48 heavy (non-hydrogen) atoms. The van der Waals surface area contributed by atoms with Crippen molar-refractivity contribution >= 4 is 34.5 Å². The second kappa shape index (κ2) is 16.7. The first kappa shape index (κ1) is 34.3. The molecule has 4 N–H and O–H groups in total. The minimum Gasteiger partial charge on any atom is -0.467 e. The van der Waals surface area contributed by atoms with E-state index in [0.29, 0.717) is 32.0 Å². The summed E-state index contributed by atoms with van der Waals surface area (Å²) in [6.45, 7) is 1.75. The van der Waals surface area contributed by atoms with Crippen LogP contribution in [0, 0.1) is 5.92 Å². The Hall–Kier alpha value is -5.07. The van der Waals surface area contributed by atoms with Crippen molar-refractivity contribution in [2.45, 2.75) is 43.9 Å². The number of aromatic amines is 1. The Kier molecular flexibility index (Phi) is 11.9. The molecule has 0 aliphatic carbocycles. The third-order valence-corrected chi connectivity index (χ3v) is 8.56. The van der Waals surface area contributed by atoms with Crippen LogP contribution in [0.25, 0.3) is 10.8 Å². The van der Waals surface area contributed by atoms with Crippen LogP contribution in [-0.4, -0.2) is 95.3 Å². The van der Waals surface area contributed by atoms with Gasteiger partial charge in [-0.2, -0.15) is 0 Å². The van der Waals surface area contributed by atoms with E-state index in [-0.39, 0.29) is 31.6 Å². The predicted molar refractivity (Wildman–Crippen MR) is 177 cm³/mol. The highest BCUT2D eigenvalue weighted by molar-refractivity contribution is 5.92. The van der Waals surface area contributed by atoms with Crippen LogP contribution < -0.4 is 10.6 Å². The lowest BCUT2D eigenvalue weighted by atomic mass is 9.91. The van der Waals surface area contributed by atoms with Crippen LogP contribution in [0.5, 0.6) is 0 Å². The first-order valence-corrected chi connectivity index (χ1v) is 16.0. The van der Waals surface area contributed by atoms with E-state index in [1.807, 2.05) is 72.8 Å². The number of rotatable bonds is 14. The largest absolute Gasteiger partial charge is 0.467 e. The second-order valence-electron chi connectivity index (χ2n) is 11.9. The average Bonchev–Trinajstić information content (AvgIpc) is 3.64. The second-order valence-corrected chi connectivity index (χ2v) is 11.9. The van der Waals surface area contributed by atoms with E-state index in [9.17, 15) is 24.3 Å². The van der Waals surface area contributed by atoms with Crippen molar-refractivity contribution in [3.63, 3.8) is 0 Å². The molecule has 12 heteroatoms. The number of esters is 1. The van der Waals surface area contributed by atoms with Crippen molar-refractivity contribution in [3.05, 3.63) is 102 Å². The van der Waals surface area contributed by atoms with Crippen LogP contribution in [0.1, 0.15) is 23.2 Å². The number of fused-ring (bicyclic) bond motifs is 1. The topological polar surface area (TPSA) is 163 Å². The van der Waals surface area contributed by atoms with Crippen LogP contribution in [0.3, 0.4) is 0 Å². The number of methoxy groups -OCH3 is 1. The van der Waals surface area contributed by atoms with E-state index in [4.69, 9.17) is 9.47 Å². The van der Waals surface area contributed by atoms with E-state index in [1.165, 1.54) is 6.33 Å². The maximum atomic E-state index is 14.2. The number of hydrogen-bond donors (Lipinski definition) is 4. The minimum atomic E-state index is -1.66. The van der Waals surface area contributed by atoms with E-state index in [1.54, 1.807) is 11.1 Å². The maximum Gasteiger partial charge on any atom is 0.336 e. The molecular formula is C36H41N5O7. The number of ether oxygens (including phenoxy) is 2. The Morgan fingerprint density at radius 3 is 2.38 bits per heavy atom. The van der Waals surface area contributed by atoms with Gasteiger partial charge in [-0.15, -0.1) is 0 Å². The third-order valence-electron chi connectivity index (χ3n) is 8.56. The van der Waals surface area contributed by atoms with Gasteiger partial charge in [0.05, 0.1) is 38.6 Å². The number of nitrogens with one attached hydrogen (secondary N) is 3. The SMILES string of the molecule is COC(=O)C(O)[C@H](Cc1ccccc1)NC(=O)[C@H](Cc1cnc[nH]1)NC(=O)C(CC(=O)N1CCOCC1)Cc1cccc2ccccc12. The number of H-pyrrole nitrogens is 1. The number of amides is 3. The molecule has 4 atom stereocenters. The summed E-state index contributed by atoms with van der Waals surface area (Å²) in [6.07, 6.45) is 1.73. The molecule has 1 aliphatic rings. The van der Waals surface area contributed by atoms with E-state index in [2.05, 4.69) is 20.6 Å². The van der Waals surface area contributed by atoms with E-state index >= 15 is 0 Å². The highest BCUT2D eigenvalue weighted by Crippen LogP contribution is 2.24. The molecule has 1 aliphatic heterocycles. The summed E-state index contributed by atoms with van der Waals surface area (Å²) in [4.78, 5) is 62.6. The molecule has 252 valence electrons. The Morgan fingerprint density at radius 1 is 0.917 bits per heavy atom. The Bertz CT molecular complexity index is 1670. The van der Waals surface area contributed by atoms with Gasteiger partial charge in [-0.05, 0) is 34.7 Å². The summed E-state index contributed by atoms with van der Waals surface area (Å²) in [7, 11) is 1.16. The summed E-state index contributed by atoms with van der Waals surface area (Å²) < 4.78 is 10.2. The summed E-state index contributed by atoms with van der Waals surface area (Å²) in [5, 5.41) is 18.5. The van der Waals surface area contributed by atoms with Crippen LogP contribution >= 0.6 is 0 Å². The normalized spacial score (nSPS) is 15.6. The van der Waals surface area contributed by atoms with Crippen molar-refractivity contribution < 1.29 is 33.8 Å². The lowest BCUT2D eigenvalue weighted by molar-refractivity contribution is -0.152. The number of benzene rings is 3. The van der Waals surface area contributed by atoms with Crippen LogP contribution in [0.4, 0.5) is 0 Å². The van der Waals surface area contributed by atoms with Gasteiger partial charge < -0.3 is 35.1 Å². The zero-order valence-corrected chi connectivity index (χ0v) is 26.8. The average molecular weight is 656 g/mol. The van der Waals surface area contributed by atoms with Gasteiger partial charge in [-0.3, -0.25) is 14.4 Å². The number of carbonyl (C=O) groups is 4. The molecule has 3 aromatic carbocycles. The van der Waals surface area contributed by atoms with Crippen molar-refractivity contribution in [2.75, 3.05) is 33.4 Å². The fraction of sp³-hybridized carbons (Fsp3) is 0.361. The molecule has 0 radical (unpaired) electrons. The number of aliphatic hydroxyl groups excluding tert-OH is 1. The molecule has 0 bridgehead atoms. The van der Waals surface area contributed by atoms with E-state index in [0.717, 1.165) is 29.0 Å². The Morgan fingerprint density at radius 2 is 1.65 bits per heavy atom. The lowest BCUT2D eigenvalue weighted by Gasteiger charge is -2.29. The van der Waals surface area contributed by atoms with Gasteiger partial charge in [-0.25, -0.2) is 9.78 Å². The third kappa shape index (κ3) is 9.05. The Labute approximate surface area is 278 Å². The maximum absolute atomic E-state index is 14.2. The number of aliphatic hydroxyl groups is 1. The predicted octanol–water partition coefficient (Wildman–Crippen LogP) is 1.96. The molecule has 3 amide bonds. The highest BCUT2D eigenvalue weighted by Gasteiger charge is 2.34. The summed E-state index contributed by atoms with van der Waals surface area (Å²) in [5.41, 5.74) is 2.26. The van der Waals surface area contributed by atoms with Crippen molar-refractivity contribution in [1.29, 1.82) is 0 Å². The first-order valence-electron chi connectivity index (χ1n) is 16.0. The highest BCUT2D eigenvalue weighted by atomic mass is 16.5. The van der Waals surface area contributed by atoms with Gasteiger partial charge in [0.2, 0.25) is 17.7 Å². The fourth-order valence-corrected chi connectivity index (χ4v) is 5.94. The molecule has 2 heterocycles. The van der Waals surface area contributed by atoms with Crippen molar-refractivity contribution in [2.24, 2.45) is 5.92 Å². The van der Waals surface area contributed by atoms with Crippen molar-refractivity contribution in [1.82, 2.24) is 25.5 Å². The van der Waals surface area contributed by atoms with Gasteiger partial charge >= 0.3 is 5.97 Å². The van der Waals surface area contributed by atoms with Gasteiger partial charge in [0.1, 0.15) is 6.04 Å². The Balaban J connectivity index is 1.40. The van der Waals surface area contributed by atoms with Gasteiger partial charge in [0, 0.05) is 37.8 Å². The zero-order chi connectivity index (χ0) is 33.9. The monoisotopic (exact) mass is 655 g/mol. The standard InChI is InChI=1S/C36H41N5O7/c1-47-36(46)33(43)30(18-24-8-3-2-4-9-24)39-35(45)31(21-28-22-37-23-38-28)40-34(44)27(20-32(42)41-14-16-48-17-15-41)19-26-12-7-11-25-10-5-6-13-29(25)26/h2-13,22-23,27,30-31,33,43H,14-21H2,1H3,(H,37,38)(H,39,45)(H,40,44)/t27?,30-,31-,33?/m0/s1. The molecule has 2 unspecified atom stereocenters. The molecule has 4 aromatic rings. The van der Waals surface area contributed by atoms with E-state index < -0.39 is 41.9 Å². The summed E-state index contributed by atoms with van der Waals surface area (Å²) >= 11 is 0. The molecule has 12 nitrogen and oxygen atoms in total. The molecule has 1 fully saturated rings. The zero-order valence-electron chi connectivity index (χ0n) is 26.8. The van der Waals surface area contributed by atoms with Crippen LogP contribution in [-0.2, 0) is 47.9 Å². The van der Waals surface area contributed by atoms with Crippen molar-refractivity contribution in [3.8, 4) is 0 Å². The summed E-state index contributed by atoms with van der Waals surface area (Å²) in [5.74, 6) is -2.97. The number of aromatic nitrogens is 2. The summed E-state index contributed by atoms with van der Waals surface area (Å²) in [6, 6.07) is 20.6. The number of carbonyl (C=O) groups excluding carboxylic acids is 4. The molecule has 0 saturated carbocycles. The minimum absolute atomic E-state index is 0.0440. The number of imidazole rings is 1. The van der Waals surface area contributed by atoms with Gasteiger partial charge in [0.25, 0.3) is 0 Å². The molecule has 0 spiro atoms. The number of nitrogens with zero attached hydrogens (tertiary/aromatic N) is 2.